The van der Waals surface area contributed by atoms with Crippen molar-refractivity contribution in [1.29, 1.82) is 0 Å². The number of aryl methyl sites for hydroxylation is 2. The van der Waals surface area contributed by atoms with Crippen molar-refractivity contribution in [3.8, 4) is 0 Å². The summed E-state index contributed by atoms with van der Waals surface area (Å²) < 4.78 is 1.15. The Balaban J connectivity index is 0.000000185. The molecule has 0 aliphatic heterocycles. The summed E-state index contributed by atoms with van der Waals surface area (Å²) in [6.45, 7) is 3.20. The zero-order chi connectivity index (χ0) is 32.3. The molecule has 2 unspecified atom stereocenters. The fourth-order valence-corrected chi connectivity index (χ4v) is 7.71. The van der Waals surface area contributed by atoms with Crippen molar-refractivity contribution < 1.29 is 4.92 Å². The molecule has 0 amide bonds. The quantitative estimate of drug-likeness (QED) is 0.0917. The number of nitrogens with one attached hydrogen (secondary N) is 4. The minimum absolute atomic E-state index is 0. The molecule has 2 aromatic heterocycles. The van der Waals surface area contributed by atoms with Crippen molar-refractivity contribution >= 4 is 68.2 Å². The zero-order valence-electron chi connectivity index (χ0n) is 27.4. The normalized spacial score (nSPS) is 16.9. The molecule has 0 bridgehead atoms. The maximum atomic E-state index is 11.1. The molecule has 0 saturated heterocycles. The summed E-state index contributed by atoms with van der Waals surface area (Å²) in [6.07, 6.45) is 6.56. The van der Waals surface area contributed by atoms with E-state index in [9.17, 15) is 10.1 Å². The highest BCUT2D eigenvalue weighted by Gasteiger charge is 2.27. The van der Waals surface area contributed by atoms with Gasteiger partial charge in [0.05, 0.1) is 4.92 Å². The van der Waals surface area contributed by atoms with E-state index in [4.69, 9.17) is 0 Å². The van der Waals surface area contributed by atoms with E-state index >= 15 is 0 Å². The number of hydrogen-bond donors (Lipinski definition) is 4. The third-order valence-electron chi connectivity index (χ3n) is 9.73. The van der Waals surface area contributed by atoms with E-state index in [1.54, 1.807) is 12.1 Å². The number of rotatable bonds is 8. The van der Waals surface area contributed by atoms with Crippen molar-refractivity contribution in [3.05, 3.63) is 145 Å². The Hall–Kier alpha value is -3.66. The van der Waals surface area contributed by atoms with Gasteiger partial charge in [0.2, 0.25) is 0 Å². The second-order valence-corrected chi connectivity index (χ2v) is 13.7. The highest BCUT2D eigenvalue weighted by atomic mass is 79.9. The number of hydrogen-bond acceptors (Lipinski definition) is 4. The largest absolute Gasteiger partial charge is 0.357 e. The lowest BCUT2D eigenvalue weighted by atomic mass is 9.91. The summed E-state index contributed by atoms with van der Waals surface area (Å²) >= 11 is 3.58. The first-order chi connectivity index (χ1) is 22.9. The Morgan fingerprint density at radius 2 is 1.45 bits per heavy atom. The molecule has 2 aliphatic carbocycles. The molecule has 3 atom stereocenters. The molecule has 256 valence electrons. The molecule has 0 spiro atoms. The van der Waals surface area contributed by atoms with E-state index in [0.29, 0.717) is 6.04 Å². The van der Waals surface area contributed by atoms with E-state index in [1.807, 2.05) is 12.1 Å². The molecule has 6 aromatic rings. The molecular weight excluding hydrogens is 721 g/mol. The van der Waals surface area contributed by atoms with Gasteiger partial charge in [0.25, 0.3) is 5.69 Å². The minimum atomic E-state index is -0.325. The van der Waals surface area contributed by atoms with Crippen LogP contribution in [0.25, 0.3) is 21.8 Å². The van der Waals surface area contributed by atoms with Crippen LogP contribution in [0.5, 0.6) is 0 Å². The lowest BCUT2D eigenvalue weighted by molar-refractivity contribution is -0.384. The molecule has 10 heteroatoms. The Morgan fingerprint density at radius 1 is 0.816 bits per heavy atom. The fraction of sp³-hybridized carbons (Fsp3) is 0.282. The van der Waals surface area contributed by atoms with Crippen molar-refractivity contribution in [2.45, 2.75) is 63.6 Å². The monoisotopic (exact) mass is 761 g/mol. The summed E-state index contributed by atoms with van der Waals surface area (Å²) in [4.78, 5) is 17.9. The van der Waals surface area contributed by atoms with Crippen LogP contribution < -0.4 is 10.6 Å². The Kier molecular flexibility index (Phi) is 12.2. The number of halogens is 3. The van der Waals surface area contributed by atoms with Crippen LogP contribution in [-0.4, -0.2) is 21.4 Å². The Labute approximate surface area is 307 Å². The van der Waals surface area contributed by atoms with Gasteiger partial charge in [0.15, 0.2) is 0 Å². The van der Waals surface area contributed by atoms with Crippen LogP contribution in [0.1, 0.15) is 78.0 Å². The van der Waals surface area contributed by atoms with Crippen molar-refractivity contribution in [1.82, 2.24) is 20.6 Å². The van der Waals surface area contributed by atoms with E-state index in [1.165, 1.54) is 51.0 Å². The number of nitro benzene ring substituents is 1. The van der Waals surface area contributed by atoms with E-state index in [2.05, 4.69) is 116 Å². The minimum Gasteiger partial charge on any atom is -0.357 e. The van der Waals surface area contributed by atoms with Gasteiger partial charge in [0.1, 0.15) is 0 Å². The van der Waals surface area contributed by atoms with Gasteiger partial charge in [-0.2, -0.15) is 0 Å². The highest BCUT2D eigenvalue weighted by Crippen LogP contribution is 2.38. The summed E-state index contributed by atoms with van der Waals surface area (Å²) in [5.41, 5.74) is 10.3. The predicted molar refractivity (Wildman–Crippen MR) is 208 cm³/mol. The van der Waals surface area contributed by atoms with Crippen molar-refractivity contribution in [2.75, 3.05) is 6.54 Å². The van der Waals surface area contributed by atoms with Crippen LogP contribution in [0.2, 0.25) is 0 Å². The number of aromatic nitrogens is 2. The molecule has 4 N–H and O–H groups in total. The molecule has 2 aliphatic rings. The molecule has 4 aromatic carbocycles. The maximum absolute atomic E-state index is 11.1. The van der Waals surface area contributed by atoms with Gasteiger partial charge in [0, 0.05) is 67.9 Å². The number of fused-ring (bicyclic) bond motifs is 6. The maximum Gasteiger partial charge on any atom is 0.270 e. The zero-order valence-corrected chi connectivity index (χ0v) is 30.6. The number of H-pyrrole nitrogens is 2. The molecule has 0 radical (unpaired) electrons. The van der Waals surface area contributed by atoms with E-state index in [0.717, 1.165) is 54.0 Å². The van der Waals surface area contributed by atoms with Gasteiger partial charge >= 0.3 is 0 Å². The van der Waals surface area contributed by atoms with Crippen LogP contribution in [0, 0.1) is 10.1 Å². The standard InChI is InChI=1S/C20H21N3O2.C19H19BrN2.2ClH/c1-13(14-6-3-2-4-7-14)21-19-9-5-8-16-17-12-15(23(24)25)10-11-18(17)22-20(16)19;20-14-6-8-17-16(12-14)15-7-9-18(19(15)22-17)21-11-10-13-4-2-1-3-5-13;;/h2-4,6-7,10-13,19,21-22H,5,8-9H2,1H3;1-6,8,12,18,21-22H,7,9-11H2;2*1H/t13-,19?;;;/m1.../s1. The second kappa shape index (κ2) is 16.4. The smallest absolute Gasteiger partial charge is 0.270 e. The topological polar surface area (TPSA) is 98.8 Å². The van der Waals surface area contributed by atoms with Crippen molar-refractivity contribution in [3.63, 3.8) is 0 Å². The SMILES string of the molecule is Brc1ccc2[nH]c3c(c2c1)CCC3NCCc1ccccc1.C[C@@H](NC1CCCc2c1[nH]c1ccc([N+](=O)[O-])cc21)c1ccccc1.Cl.Cl. The summed E-state index contributed by atoms with van der Waals surface area (Å²) in [5, 5.41) is 20.9. The van der Waals surface area contributed by atoms with Crippen LogP contribution in [0.15, 0.2) is 102 Å². The number of benzene rings is 4. The van der Waals surface area contributed by atoms with Gasteiger partial charge in [-0.25, -0.2) is 0 Å². The number of aromatic amines is 2. The lowest BCUT2D eigenvalue weighted by Gasteiger charge is -2.27. The predicted octanol–water partition coefficient (Wildman–Crippen LogP) is 10.4. The van der Waals surface area contributed by atoms with E-state index in [-0.39, 0.29) is 47.5 Å². The first-order valence-corrected chi connectivity index (χ1v) is 17.4. The van der Waals surface area contributed by atoms with E-state index < -0.39 is 0 Å². The molecule has 7 nitrogen and oxygen atoms in total. The fourth-order valence-electron chi connectivity index (χ4n) is 7.35. The second-order valence-electron chi connectivity index (χ2n) is 12.7. The van der Waals surface area contributed by atoms with Gasteiger partial charge in [-0.05, 0) is 98.5 Å². The number of nitro groups is 1. The lowest BCUT2D eigenvalue weighted by Crippen LogP contribution is -2.27. The molecule has 8 rings (SSSR count). The third kappa shape index (κ3) is 8.05. The average molecular weight is 764 g/mol. The molecule has 0 saturated carbocycles. The summed E-state index contributed by atoms with van der Waals surface area (Å²) in [7, 11) is 0. The van der Waals surface area contributed by atoms with Crippen molar-refractivity contribution in [2.24, 2.45) is 0 Å². The third-order valence-corrected chi connectivity index (χ3v) is 10.2. The van der Waals surface area contributed by atoms with Gasteiger partial charge in [-0.3, -0.25) is 10.1 Å². The summed E-state index contributed by atoms with van der Waals surface area (Å²) in [6, 6.07) is 33.6. The first kappa shape index (κ1) is 36.6. The Bertz CT molecular complexity index is 2010. The molecular formula is C39H42BrCl2N5O2. The van der Waals surface area contributed by atoms with Gasteiger partial charge in [-0.15, -0.1) is 24.8 Å². The molecule has 49 heavy (non-hydrogen) atoms. The average Bonchev–Trinajstić information content (AvgIpc) is 3.78. The van der Waals surface area contributed by atoms with Crippen LogP contribution in [0.4, 0.5) is 5.69 Å². The van der Waals surface area contributed by atoms with Gasteiger partial charge < -0.3 is 20.6 Å². The van der Waals surface area contributed by atoms with Crippen LogP contribution >= 0.6 is 40.7 Å². The van der Waals surface area contributed by atoms with Crippen LogP contribution in [-0.2, 0) is 19.3 Å². The van der Waals surface area contributed by atoms with Gasteiger partial charge in [-0.1, -0.05) is 76.6 Å². The number of non-ortho nitro benzene ring substituents is 1. The number of nitrogens with zero attached hydrogens (tertiary/aromatic N) is 1. The highest BCUT2D eigenvalue weighted by molar-refractivity contribution is 9.10. The molecule has 2 heterocycles. The summed E-state index contributed by atoms with van der Waals surface area (Å²) in [5.74, 6) is 0. The first-order valence-electron chi connectivity index (χ1n) is 16.6. The Morgan fingerprint density at radius 3 is 2.16 bits per heavy atom. The van der Waals surface area contributed by atoms with Crippen LogP contribution in [0.3, 0.4) is 0 Å². The molecule has 0 fully saturated rings.